The first-order chi connectivity index (χ1) is 8.90. The molecule has 1 aliphatic heterocycles. The Bertz CT molecular complexity index is 517. The zero-order valence-corrected chi connectivity index (χ0v) is 11.2. The van der Waals surface area contributed by atoms with Gasteiger partial charge in [-0.2, -0.15) is 0 Å². The van der Waals surface area contributed by atoms with E-state index in [1.807, 2.05) is 0 Å². The maximum atomic E-state index is 12.1. The van der Waals surface area contributed by atoms with Crippen LogP contribution in [-0.4, -0.2) is 16.8 Å². The summed E-state index contributed by atoms with van der Waals surface area (Å²) < 4.78 is 10.6. The van der Waals surface area contributed by atoms with E-state index in [0.29, 0.717) is 17.0 Å². The minimum Gasteiger partial charge on any atom is -0.461 e. The third kappa shape index (κ3) is 3.06. The molecule has 1 aromatic carbocycles. The molecule has 0 atom stereocenters. The van der Waals surface area contributed by atoms with Crippen molar-refractivity contribution < 1.29 is 19.4 Å². The van der Waals surface area contributed by atoms with Gasteiger partial charge in [-0.15, -0.1) is 0 Å². The van der Waals surface area contributed by atoms with Crippen LogP contribution in [0.4, 0.5) is 10.5 Å². The van der Waals surface area contributed by atoms with Crippen molar-refractivity contribution in [2.75, 3.05) is 4.90 Å². The van der Waals surface area contributed by atoms with E-state index in [1.54, 1.807) is 39.0 Å². The molecule has 0 radical (unpaired) electrons. The van der Waals surface area contributed by atoms with Gasteiger partial charge in [0.25, 0.3) is 0 Å². The van der Waals surface area contributed by atoms with E-state index < -0.39 is 11.7 Å². The first-order valence-electron chi connectivity index (χ1n) is 6.00. The fourth-order valence-electron chi connectivity index (χ4n) is 1.66. The quantitative estimate of drug-likeness (QED) is 0.846. The number of nitrogens with zero attached hydrogens (tertiary/aromatic N) is 1. The molecule has 1 aromatic rings. The van der Waals surface area contributed by atoms with Crippen LogP contribution in [0.1, 0.15) is 26.3 Å². The molecule has 5 heteroatoms. The molecule has 0 aliphatic carbocycles. The van der Waals surface area contributed by atoms with Gasteiger partial charge in [-0.1, -0.05) is 6.07 Å². The second-order valence-corrected chi connectivity index (χ2v) is 5.21. The van der Waals surface area contributed by atoms with Crippen molar-refractivity contribution in [3.63, 3.8) is 0 Å². The Balaban J connectivity index is 2.31. The second-order valence-electron chi connectivity index (χ2n) is 5.21. The first kappa shape index (κ1) is 13.4. The summed E-state index contributed by atoms with van der Waals surface area (Å²) in [6.07, 6.45) is 2.44. The SMILES string of the molecule is CC(C)(C)OC(=O)N1C=COc2ccc(CO)cc21. The summed E-state index contributed by atoms with van der Waals surface area (Å²) in [5.74, 6) is 0.547. The summed E-state index contributed by atoms with van der Waals surface area (Å²) in [4.78, 5) is 13.5. The van der Waals surface area contributed by atoms with Crippen LogP contribution in [0.25, 0.3) is 0 Å². The molecule has 0 unspecified atom stereocenters. The number of fused-ring (bicyclic) bond motifs is 1. The maximum Gasteiger partial charge on any atom is 0.419 e. The molecule has 0 saturated heterocycles. The summed E-state index contributed by atoms with van der Waals surface area (Å²) in [5, 5.41) is 9.16. The molecule has 5 nitrogen and oxygen atoms in total. The lowest BCUT2D eigenvalue weighted by molar-refractivity contribution is 0.0593. The van der Waals surface area contributed by atoms with Gasteiger partial charge >= 0.3 is 6.09 Å². The number of amides is 1. The Kier molecular flexibility index (Phi) is 3.48. The molecular weight excluding hydrogens is 246 g/mol. The van der Waals surface area contributed by atoms with Gasteiger partial charge in [0.1, 0.15) is 11.9 Å². The van der Waals surface area contributed by atoms with Crippen LogP contribution in [0, 0.1) is 0 Å². The Morgan fingerprint density at radius 2 is 2.16 bits per heavy atom. The molecule has 1 aliphatic rings. The highest BCUT2D eigenvalue weighted by atomic mass is 16.6. The number of hydrogen-bond donors (Lipinski definition) is 1. The Morgan fingerprint density at radius 3 is 2.79 bits per heavy atom. The van der Waals surface area contributed by atoms with E-state index in [0.717, 1.165) is 0 Å². The number of rotatable bonds is 1. The zero-order valence-electron chi connectivity index (χ0n) is 11.2. The van der Waals surface area contributed by atoms with Crippen molar-refractivity contribution in [2.24, 2.45) is 0 Å². The number of anilines is 1. The molecule has 1 heterocycles. The fraction of sp³-hybridized carbons (Fsp3) is 0.357. The number of carbonyl (C=O) groups excluding carboxylic acids is 1. The van der Waals surface area contributed by atoms with Gasteiger partial charge in [-0.3, -0.25) is 0 Å². The van der Waals surface area contributed by atoms with Crippen LogP contribution in [0.2, 0.25) is 0 Å². The minimum absolute atomic E-state index is 0.0981. The lowest BCUT2D eigenvalue weighted by Crippen LogP contribution is -2.34. The fourth-order valence-corrected chi connectivity index (χ4v) is 1.66. The lowest BCUT2D eigenvalue weighted by atomic mass is 10.1. The minimum atomic E-state index is -0.571. The van der Waals surface area contributed by atoms with Crippen LogP contribution < -0.4 is 9.64 Å². The largest absolute Gasteiger partial charge is 0.461 e. The average molecular weight is 263 g/mol. The highest BCUT2D eigenvalue weighted by molar-refractivity contribution is 5.92. The van der Waals surface area contributed by atoms with Crippen LogP contribution in [0.5, 0.6) is 5.75 Å². The number of hydrogen-bond acceptors (Lipinski definition) is 4. The molecule has 0 fully saturated rings. The third-order valence-electron chi connectivity index (χ3n) is 2.46. The molecule has 0 spiro atoms. The molecule has 0 aromatic heterocycles. The highest BCUT2D eigenvalue weighted by Crippen LogP contribution is 2.33. The van der Waals surface area contributed by atoms with Gasteiger partial charge in [0, 0.05) is 0 Å². The third-order valence-corrected chi connectivity index (χ3v) is 2.46. The zero-order chi connectivity index (χ0) is 14.0. The van der Waals surface area contributed by atoms with Gasteiger partial charge in [-0.05, 0) is 38.5 Å². The molecule has 2 rings (SSSR count). The summed E-state index contributed by atoms with van der Waals surface area (Å²) in [5.41, 5.74) is 0.687. The topological polar surface area (TPSA) is 59.0 Å². The van der Waals surface area contributed by atoms with Crippen molar-refractivity contribution in [3.05, 3.63) is 36.2 Å². The van der Waals surface area contributed by atoms with E-state index in [2.05, 4.69) is 0 Å². The number of aliphatic hydroxyl groups excluding tert-OH is 1. The van der Waals surface area contributed by atoms with Gasteiger partial charge < -0.3 is 14.6 Å². The molecule has 19 heavy (non-hydrogen) atoms. The number of aliphatic hydroxyl groups is 1. The van der Waals surface area contributed by atoms with Gasteiger partial charge in [0.05, 0.1) is 18.5 Å². The van der Waals surface area contributed by atoms with Crippen molar-refractivity contribution in [3.8, 4) is 5.75 Å². The Labute approximate surface area is 112 Å². The van der Waals surface area contributed by atoms with Gasteiger partial charge in [0.2, 0.25) is 0 Å². The molecule has 1 amide bonds. The predicted molar refractivity (Wildman–Crippen MR) is 70.8 cm³/mol. The molecule has 102 valence electrons. The van der Waals surface area contributed by atoms with Crippen molar-refractivity contribution in [1.29, 1.82) is 0 Å². The standard InChI is InChI=1S/C14H17NO4/c1-14(2,3)19-13(17)15-6-7-18-12-5-4-10(9-16)8-11(12)15/h4-8,16H,9H2,1-3H3. The smallest absolute Gasteiger partial charge is 0.419 e. The van der Waals surface area contributed by atoms with Crippen molar-refractivity contribution in [1.82, 2.24) is 0 Å². The van der Waals surface area contributed by atoms with E-state index in [-0.39, 0.29) is 6.61 Å². The number of ether oxygens (including phenoxy) is 2. The summed E-state index contributed by atoms with van der Waals surface area (Å²) in [7, 11) is 0. The number of carbonyl (C=O) groups is 1. The van der Waals surface area contributed by atoms with Crippen LogP contribution in [-0.2, 0) is 11.3 Å². The summed E-state index contributed by atoms with van der Waals surface area (Å²) >= 11 is 0. The van der Waals surface area contributed by atoms with Crippen molar-refractivity contribution in [2.45, 2.75) is 33.0 Å². The van der Waals surface area contributed by atoms with E-state index in [9.17, 15) is 4.79 Å². The van der Waals surface area contributed by atoms with Crippen LogP contribution >= 0.6 is 0 Å². The molecule has 1 N–H and O–H groups in total. The monoisotopic (exact) mass is 263 g/mol. The Hall–Kier alpha value is -2.01. The maximum absolute atomic E-state index is 12.1. The van der Waals surface area contributed by atoms with Gasteiger partial charge in [-0.25, -0.2) is 9.69 Å². The first-order valence-corrected chi connectivity index (χ1v) is 6.00. The van der Waals surface area contributed by atoms with Crippen LogP contribution in [0.15, 0.2) is 30.7 Å². The number of benzene rings is 1. The lowest BCUT2D eigenvalue weighted by Gasteiger charge is -2.28. The Morgan fingerprint density at radius 1 is 1.42 bits per heavy atom. The van der Waals surface area contributed by atoms with Crippen molar-refractivity contribution >= 4 is 11.8 Å². The highest BCUT2D eigenvalue weighted by Gasteiger charge is 2.26. The molecule has 0 saturated carbocycles. The van der Waals surface area contributed by atoms with E-state index in [1.165, 1.54) is 17.4 Å². The average Bonchev–Trinajstić information content (AvgIpc) is 2.35. The van der Waals surface area contributed by atoms with Crippen LogP contribution in [0.3, 0.4) is 0 Å². The summed E-state index contributed by atoms with van der Waals surface area (Å²) in [6, 6.07) is 5.15. The summed E-state index contributed by atoms with van der Waals surface area (Å²) in [6.45, 7) is 5.32. The molecule has 0 bridgehead atoms. The van der Waals surface area contributed by atoms with Gasteiger partial charge in [0.15, 0.2) is 5.75 Å². The molecular formula is C14H17NO4. The van der Waals surface area contributed by atoms with E-state index >= 15 is 0 Å². The van der Waals surface area contributed by atoms with E-state index in [4.69, 9.17) is 14.6 Å². The normalized spacial score (nSPS) is 13.8. The second kappa shape index (κ2) is 4.93. The predicted octanol–water partition coefficient (Wildman–Crippen LogP) is 2.78.